The van der Waals surface area contributed by atoms with Gasteiger partial charge in [-0.25, -0.2) is 0 Å². The SMILES string of the molecule is COC(=O)C(N)CCC(C)c1cccc(C(F)(F)F)c1. The molecule has 0 aromatic heterocycles. The highest BCUT2D eigenvalue weighted by Crippen LogP contribution is 2.32. The Hall–Kier alpha value is -1.56. The first-order chi connectivity index (χ1) is 9.25. The van der Waals surface area contributed by atoms with Crippen molar-refractivity contribution in [2.45, 2.75) is 37.9 Å². The van der Waals surface area contributed by atoms with E-state index < -0.39 is 23.8 Å². The van der Waals surface area contributed by atoms with E-state index in [2.05, 4.69) is 4.74 Å². The Morgan fingerprint density at radius 3 is 2.55 bits per heavy atom. The van der Waals surface area contributed by atoms with Crippen LogP contribution in [-0.2, 0) is 15.7 Å². The summed E-state index contributed by atoms with van der Waals surface area (Å²) in [6.45, 7) is 1.81. The van der Waals surface area contributed by atoms with Crippen molar-refractivity contribution in [3.63, 3.8) is 0 Å². The van der Waals surface area contributed by atoms with Gasteiger partial charge in [-0.3, -0.25) is 4.79 Å². The standard InChI is InChI=1S/C14H18F3NO2/c1-9(6-7-12(18)13(19)20-2)10-4-3-5-11(8-10)14(15,16)17/h3-5,8-9,12H,6-7,18H2,1-2H3. The molecule has 0 amide bonds. The summed E-state index contributed by atoms with van der Waals surface area (Å²) in [4.78, 5) is 11.2. The number of esters is 1. The third kappa shape index (κ3) is 4.52. The van der Waals surface area contributed by atoms with Gasteiger partial charge in [0.2, 0.25) is 0 Å². The minimum absolute atomic E-state index is 0.118. The van der Waals surface area contributed by atoms with E-state index in [1.165, 1.54) is 13.2 Å². The van der Waals surface area contributed by atoms with Gasteiger partial charge in [-0.2, -0.15) is 13.2 Å². The lowest BCUT2D eigenvalue weighted by Crippen LogP contribution is -2.31. The van der Waals surface area contributed by atoms with E-state index in [-0.39, 0.29) is 5.92 Å². The normalized spacial score (nSPS) is 14.7. The topological polar surface area (TPSA) is 52.3 Å². The molecule has 0 bridgehead atoms. The van der Waals surface area contributed by atoms with Crippen molar-refractivity contribution in [2.24, 2.45) is 5.73 Å². The van der Waals surface area contributed by atoms with Crippen LogP contribution in [0.25, 0.3) is 0 Å². The molecule has 1 aromatic carbocycles. The lowest BCUT2D eigenvalue weighted by molar-refractivity contribution is -0.142. The van der Waals surface area contributed by atoms with E-state index in [0.29, 0.717) is 18.4 Å². The minimum Gasteiger partial charge on any atom is -0.468 e. The lowest BCUT2D eigenvalue weighted by atomic mass is 9.93. The fraction of sp³-hybridized carbons (Fsp3) is 0.500. The maximum atomic E-state index is 12.6. The number of hydrogen-bond donors (Lipinski definition) is 1. The van der Waals surface area contributed by atoms with Crippen LogP contribution in [0.3, 0.4) is 0 Å². The summed E-state index contributed by atoms with van der Waals surface area (Å²) in [6.07, 6.45) is -3.47. The van der Waals surface area contributed by atoms with Gasteiger partial charge in [-0.15, -0.1) is 0 Å². The number of methoxy groups -OCH3 is 1. The summed E-state index contributed by atoms with van der Waals surface area (Å²) < 4.78 is 42.3. The summed E-state index contributed by atoms with van der Waals surface area (Å²) >= 11 is 0. The third-order valence-electron chi connectivity index (χ3n) is 3.20. The molecule has 3 nitrogen and oxygen atoms in total. The maximum Gasteiger partial charge on any atom is 0.416 e. The van der Waals surface area contributed by atoms with Crippen molar-refractivity contribution in [3.8, 4) is 0 Å². The molecule has 2 N–H and O–H groups in total. The first-order valence-electron chi connectivity index (χ1n) is 6.26. The number of halogens is 3. The molecule has 0 aliphatic rings. The second-order valence-electron chi connectivity index (χ2n) is 4.73. The van der Waals surface area contributed by atoms with Crippen molar-refractivity contribution < 1.29 is 22.7 Å². The molecule has 2 unspecified atom stereocenters. The largest absolute Gasteiger partial charge is 0.468 e. The van der Waals surface area contributed by atoms with Crippen LogP contribution in [0.1, 0.15) is 36.8 Å². The highest BCUT2D eigenvalue weighted by atomic mass is 19.4. The minimum atomic E-state index is -4.35. The van der Waals surface area contributed by atoms with Crippen LogP contribution in [0.15, 0.2) is 24.3 Å². The number of rotatable bonds is 5. The number of ether oxygens (including phenoxy) is 1. The Labute approximate surface area is 115 Å². The quantitative estimate of drug-likeness (QED) is 0.847. The summed E-state index contributed by atoms with van der Waals surface area (Å²) in [5, 5.41) is 0. The Morgan fingerprint density at radius 1 is 1.35 bits per heavy atom. The van der Waals surface area contributed by atoms with Gasteiger partial charge < -0.3 is 10.5 Å². The zero-order valence-corrected chi connectivity index (χ0v) is 11.4. The summed E-state index contributed by atoms with van der Waals surface area (Å²) in [7, 11) is 1.25. The zero-order chi connectivity index (χ0) is 15.3. The van der Waals surface area contributed by atoms with Crippen LogP contribution in [0.2, 0.25) is 0 Å². The number of carbonyl (C=O) groups excluding carboxylic acids is 1. The van der Waals surface area contributed by atoms with Crippen LogP contribution in [0.4, 0.5) is 13.2 Å². The molecule has 0 saturated carbocycles. The van der Waals surface area contributed by atoms with E-state index in [1.807, 2.05) is 0 Å². The third-order valence-corrected chi connectivity index (χ3v) is 3.20. The van der Waals surface area contributed by atoms with E-state index >= 15 is 0 Å². The molecule has 6 heteroatoms. The van der Waals surface area contributed by atoms with Crippen LogP contribution >= 0.6 is 0 Å². The number of carbonyl (C=O) groups is 1. The van der Waals surface area contributed by atoms with Gasteiger partial charge in [0.1, 0.15) is 6.04 Å². The predicted molar refractivity (Wildman–Crippen MR) is 69.1 cm³/mol. The first-order valence-corrected chi connectivity index (χ1v) is 6.26. The molecule has 0 aliphatic heterocycles. The van der Waals surface area contributed by atoms with Crippen molar-refractivity contribution in [2.75, 3.05) is 7.11 Å². The summed E-state index contributed by atoms with van der Waals surface area (Å²) in [5.41, 5.74) is 5.51. The average molecular weight is 289 g/mol. The van der Waals surface area contributed by atoms with Gasteiger partial charge in [-0.1, -0.05) is 25.1 Å². The Morgan fingerprint density at radius 2 is 2.00 bits per heavy atom. The monoisotopic (exact) mass is 289 g/mol. The first kappa shape index (κ1) is 16.5. The lowest BCUT2D eigenvalue weighted by Gasteiger charge is -2.16. The summed E-state index contributed by atoms with van der Waals surface area (Å²) in [5.74, 6) is -0.630. The van der Waals surface area contributed by atoms with E-state index in [9.17, 15) is 18.0 Å². The van der Waals surface area contributed by atoms with Crippen LogP contribution < -0.4 is 5.73 Å². The van der Waals surface area contributed by atoms with Crippen molar-refractivity contribution in [1.82, 2.24) is 0 Å². The highest BCUT2D eigenvalue weighted by Gasteiger charge is 2.30. The van der Waals surface area contributed by atoms with Crippen molar-refractivity contribution in [1.29, 1.82) is 0 Å². The molecular weight excluding hydrogens is 271 g/mol. The fourth-order valence-corrected chi connectivity index (χ4v) is 1.89. The van der Waals surface area contributed by atoms with Gasteiger partial charge in [-0.05, 0) is 30.4 Å². The number of alkyl halides is 3. The fourth-order valence-electron chi connectivity index (χ4n) is 1.89. The van der Waals surface area contributed by atoms with Crippen LogP contribution in [-0.4, -0.2) is 19.1 Å². The smallest absolute Gasteiger partial charge is 0.416 e. The highest BCUT2D eigenvalue weighted by molar-refractivity contribution is 5.75. The molecule has 2 atom stereocenters. The molecular formula is C14H18F3NO2. The van der Waals surface area contributed by atoms with Crippen molar-refractivity contribution in [3.05, 3.63) is 35.4 Å². The molecule has 0 heterocycles. The predicted octanol–water partition coefficient (Wildman–Crippen LogP) is 3.09. The van der Waals surface area contributed by atoms with E-state index in [4.69, 9.17) is 5.73 Å². The molecule has 0 aliphatic carbocycles. The van der Waals surface area contributed by atoms with Gasteiger partial charge in [0.25, 0.3) is 0 Å². The Bertz CT molecular complexity index is 460. The van der Waals surface area contributed by atoms with E-state index in [1.54, 1.807) is 13.0 Å². The number of nitrogens with two attached hydrogens (primary N) is 1. The molecule has 0 saturated heterocycles. The molecule has 0 spiro atoms. The van der Waals surface area contributed by atoms with Gasteiger partial charge in [0, 0.05) is 0 Å². The number of benzene rings is 1. The van der Waals surface area contributed by atoms with Crippen molar-refractivity contribution >= 4 is 5.97 Å². The Kier molecular flexibility index (Phi) is 5.56. The average Bonchev–Trinajstić information content (AvgIpc) is 2.42. The molecule has 0 fully saturated rings. The Balaban J connectivity index is 2.69. The molecule has 1 rings (SSSR count). The van der Waals surface area contributed by atoms with Gasteiger partial charge in [0.15, 0.2) is 0 Å². The second-order valence-corrected chi connectivity index (χ2v) is 4.73. The van der Waals surface area contributed by atoms with Crippen LogP contribution in [0, 0.1) is 0 Å². The number of hydrogen-bond acceptors (Lipinski definition) is 3. The van der Waals surface area contributed by atoms with Gasteiger partial charge in [0.05, 0.1) is 12.7 Å². The van der Waals surface area contributed by atoms with Gasteiger partial charge >= 0.3 is 12.1 Å². The molecule has 112 valence electrons. The van der Waals surface area contributed by atoms with E-state index in [0.717, 1.165) is 12.1 Å². The molecule has 20 heavy (non-hydrogen) atoms. The molecule has 1 aromatic rings. The second kappa shape index (κ2) is 6.74. The molecule has 0 radical (unpaired) electrons. The zero-order valence-electron chi connectivity index (χ0n) is 11.4. The maximum absolute atomic E-state index is 12.6. The summed E-state index contributed by atoms with van der Waals surface area (Å²) in [6, 6.07) is 4.46. The van der Waals surface area contributed by atoms with Crippen LogP contribution in [0.5, 0.6) is 0 Å².